The second kappa shape index (κ2) is 11.2. The molecule has 0 bridgehead atoms. The maximum atomic E-state index is 12.9. The van der Waals surface area contributed by atoms with Crippen LogP contribution in [0.4, 0.5) is 5.69 Å². The highest BCUT2D eigenvalue weighted by atomic mass is 35.5. The lowest BCUT2D eigenvalue weighted by molar-refractivity contribution is -0.116. The largest absolute Gasteiger partial charge is 0.459 e. The molecule has 38 heavy (non-hydrogen) atoms. The van der Waals surface area contributed by atoms with Crippen LogP contribution in [0.1, 0.15) is 41.1 Å². The average molecular weight is 566 g/mol. The number of carbonyl (C=O) groups is 1. The third-order valence-electron chi connectivity index (χ3n) is 6.57. The van der Waals surface area contributed by atoms with E-state index >= 15 is 0 Å². The molecule has 194 valence electrons. The highest BCUT2D eigenvalue weighted by Crippen LogP contribution is 2.41. The van der Waals surface area contributed by atoms with Gasteiger partial charge in [0.05, 0.1) is 21.8 Å². The topological polar surface area (TPSA) is 70.4 Å². The Morgan fingerprint density at radius 2 is 1.92 bits per heavy atom. The number of halogens is 2. The Bertz CT molecular complexity index is 1490. The second-order valence-corrected chi connectivity index (χ2v) is 10.5. The van der Waals surface area contributed by atoms with Crippen LogP contribution in [0.25, 0.3) is 11.3 Å². The molecule has 1 aliphatic rings. The first kappa shape index (κ1) is 26.2. The number of aryl methyl sites for hydroxylation is 2. The summed E-state index contributed by atoms with van der Waals surface area (Å²) in [6.45, 7) is 4.38. The molecule has 1 aliphatic heterocycles. The number of nitrogens with zero attached hydrogens (tertiary/aromatic N) is 2. The molecule has 5 rings (SSSR count). The zero-order valence-electron chi connectivity index (χ0n) is 20.9. The summed E-state index contributed by atoms with van der Waals surface area (Å²) >= 11 is 18.1. The minimum atomic E-state index is -0.303. The highest BCUT2D eigenvalue weighted by Gasteiger charge is 2.41. The molecule has 2 aromatic heterocycles. The molecule has 1 amide bonds. The van der Waals surface area contributed by atoms with E-state index in [-0.39, 0.29) is 24.4 Å². The summed E-state index contributed by atoms with van der Waals surface area (Å²) in [6.07, 6.45) is 2.00. The van der Waals surface area contributed by atoms with Gasteiger partial charge in [0, 0.05) is 30.4 Å². The number of anilines is 1. The summed E-state index contributed by atoms with van der Waals surface area (Å²) in [6, 6.07) is 20.4. The van der Waals surface area contributed by atoms with Crippen LogP contribution >= 0.6 is 35.4 Å². The van der Waals surface area contributed by atoms with Crippen molar-refractivity contribution >= 4 is 52.1 Å². The minimum absolute atomic E-state index is 0.0857. The number of pyridine rings is 1. The fraction of sp³-hybridized carbons (Fsp3) is 0.207. The molecular formula is C29H26Cl2N4O2S. The van der Waals surface area contributed by atoms with Crippen LogP contribution in [0.5, 0.6) is 0 Å². The Morgan fingerprint density at radius 3 is 2.68 bits per heavy atom. The maximum Gasteiger partial charge on any atom is 0.226 e. The monoisotopic (exact) mass is 564 g/mol. The number of benzene rings is 2. The van der Waals surface area contributed by atoms with Crippen molar-refractivity contribution in [2.75, 3.05) is 11.9 Å². The summed E-state index contributed by atoms with van der Waals surface area (Å²) in [5.41, 5.74) is 4.56. The number of furan rings is 1. The van der Waals surface area contributed by atoms with Gasteiger partial charge in [0.2, 0.25) is 5.91 Å². The van der Waals surface area contributed by atoms with Gasteiger partial charge in [-0.25, -0.2) is 0 Å². The van der Waals surface area contributed by atoms with Gasteiger partial charge in [-0.2, -0.15) is 0 Å². The highest BCUT2D eigenvalue weighted by molar-refractivity contribution is 7.80. The molecule has 2 atom stereocenters. The first-order chi connectivity index (χ1) is 18.3. The smallest absolute Gasteiger partial charge is 0.226 e. The molecule has 0 aliphatic carbocycles. The molecule has 1 fully saturated rings. The summed E-state index contributed by atoms with van der Waals surface area (Å²) in [5.74, 6) is 1.27. The molecule has 0 radical (unpaired) electrons. The van der Waals surface area contributed by atoms with E-state index in [1.54, 1.807) is 18.3 Å². The van der Waals surface area contributed by atoms with Crippen molar-refractivity contribution in [1.29, 1.82) is 0 Å². The van der Waals surface area contributed by atoms with E-state index in [2.05, 4.69) is 15.6 Å². The third-order valence-corrected chi connectivity index (χ3v) is 7.66. The second-order valence-electron chi connectivity index (χ2n) is 9.27. The first-order valence-electron chi connectivity index (χ1n) is 12.2. The van der Waals surface area contributed by atoms with Gasteiger partial charge in [-0.15, -0.1) is 0 Å². The van der Waals surface area contributed by atoms with Crippen molar-refractivity contribution in [3.8, 4) is 11.3 Å². The van der Waals surface area contributed by atoms with E-state index < -0.39 is 0 Å². The zero-order chi connectivity index (χ0) is 26.8. The number of aromatic nitrogens is 1. The van der Waals surface area contributed by atoms with Crippen LogP contribution in [0.2, 0.25) is 10.0 Å². The Balaban J connectivity index is 1.40. The molecule has 0 spiro atoms. The van der Waals surface area contributed by atoms with Gasteiger partial charge < -0.3 is 20.0 Å². The van der Waals surface area contributed by atoms with Gasteiger partial charge in [0.15, 0.2) is 5.11 Å². The van der Waals surface area contributed by atoms with Gasteiger partial charge in [-0.1, -0.05) is 41.4 Å². The fourth-order valence-corrected chi connectivity index (χ4v) is 5.21. The number of rotatable bonds is 7. The quantitative estimate of drug-likeness (QED) is 0.230. The Kier molecular flexibility index (Phi) is 7.70. The van der Waals surface area contributed by atoms with Crippen molar-refractivity contribution in [3.63, 3.8) is 0 Å². The fourth-order valence-electron chi connectivity index (χ4n) is 4.58. The molecule has 2 N–H and O–H groups in total. The van der Waals surface area contributed by atoms with Crippen molar-refractivity contribution in [2.24, 2.45) is 0 Å². The Hall–Kier alpha value is -3.39. The number of hydrogen-bond acceptors (Lipinski definition) is 4. The standard InChI is InChI=1S/C29H26Cl2N4O2S/c1-17-6-7-18(2)23(15-17)33-26(36)12-14-35-28(27(34-29(35)38)22-5-3-4-13-32-22)25-11-10-24(37-25)19-8-9-20(30)21(31)16-19/h3-11,13,15-16,27-28H,12,14H2,1-2H3,(H,33,36)(H,34,38)/t27-,28-/m1/s1. The SMILES string of the molecule is Cc1ccc(C)c(NC(=O)CCN2C(=S)N[C@H](c3ccccn3)[C@H]2c2ccc(-c3ccc(Cl)c(Cl)c3)o2)c1. The number of nitrogens with one attached hydrogen (secondary N) is 2. The zero-order valence-corrected chi connectivity index (χ0v) is 23.2. The Morgan fingerprint density at radius 1 is 1.08 bits per heavy atom. The predicted molar refractivity (Wildman–Crippen MR) is 155 cm³/mol. The molecule has 6 nitrogen and oxygen atoms in total. The molecule has 9 heteroatoms. The van der Waals surface area contributed by atoms with Crippen LogP contribution in [-0.2, 0) is 4.79 Å². The average Bonchev–Trinajstić information content (AvgIpc) is 3.51. The van der Waals surface area contributed by atoms with Gasteiger partial charge in [0.1, 0.15) is 17.6 Å². The first-order valence-corrected chi connectivity index (χ1v) is 13.4. The lowest BCUT2D eigenvalue weighted by Crippen LogP contribution is -2.32. The molecule has 0 unspecified atom stereocenters. The lowest BCUT2D eigenvalue weighted by Gasteiger charge is -2.26. The number of amides is 1. The van der Waals surface area contributed by atoms with Gasteiger partial charge in [-0.3, -0.25) is 9.78 Å². The van der Waals surface area contributed by atoms with E-state index in [1.807, 2.05) is 73.3 Å². The van der Waals surface area contributed by atoms with Gasteiger partial charge in [0.25, 0.3) is 0 Å². The third kappa shape index (κ3) is 5.55. The molecule has 1 saturated heterocycles. The summed E-state index contributed by atoms with van der Waals surface area (Å²) in [7, 11) is 0. The number of hydrogen-bond donors (Lipinski definition) is 2. The van der Waals surface area contributed by atoms with Gasteiger partial charge >= 0.3 is 0 Å². The number of thiocarbonyl (C=S) groups is 1. The van der Waals surface area contributed by atoms with Crippen LogP contribution in [0.15, 0.2) is 77.3 Å². The Labute approximate surface area is 237 Å². The summed E-state index contributed by atoms with van der Waals surface area (Å²) < 4.78 is 6.34. The van der Waals surface area contributed by atoms with E-state index in [4.69, 9.17) is 39.8 Å². The van der Waals surface area contributed by atoms with Crippen molar-refractivity contribution in [1.82, 2.24) is 15.2 Å². The maximum absolute atomic E-state index is 12.9. The molecule has 0 saturated carbocycles. The lowest BCUT2D eigenvalue weighted by atomic mass is 10.0. The normalized spacial score (nSPS) is 16.9. The van der Waals surface area contributed by atoms with Crippen molar-refractivity contribution in [3.05, 3.63) is 106 Å². The van der Waals surface area contributed by atoms with Crippen molar-refractivity contribution < 1.29 is 9.21 Å². The molecule has 2 aromatic carbocycles. The van der Waals surface area contributed by atoms with Crippen LogP contribution in [-0.4, -0.2) is 27.4 Å². The number of carbonyl (C=O) groups excluding carboxylic acids is 1. The van der Waals surface area contributed by atoms with Crippen LogP contribution in [0.3, 0.4) is 0 Å². The predicted octanol–water partition coefficient (Wildman–Crippen LogP) is 7.27. The van der Waals surface area contributed by atoms with Gasteiger partial charge in [-0.05, 0) is 85.7 Å². The summed E-state index contributed by atoms with van der Waals surface area (Å²) in [4.78, 5) is 19.5. The minimum Gasteiger partial charge on any atom is -0.459 e. The molecular weight excluding hydrogens is 539 g/mol. The van der Waals surface area contributed by atoms with Crippen LogP contribution in [0, 0.1) is 13.8 Å². The van der Waals surface area contributed by atoms with E-state index in [1.165, 1.54) is 0 Å². The molecule has 4 aromatic rings. The molecule has 3 heterocycles. The van der Waals surface area contributed by atoms with E-state index in [0.29, 0.717) is 33.2 Å². The van der Waals surface area contributed by atoms with Crippen molar-refractivity contribution in [2.45, 2.75) is 32.4 Å². The summed E-state index contributed by atoms with van der Waals surface area (Å²) in [5, 5.41) is 7.90. The van der Waals surface area contributed by atoms with E-state index in [0.717, 1.165) is 28.1 Å². The van der Waals surface area contributed by atoms with E-state index in [9.17, 15) is 4.79 Å². The van der Waals surface area contributed by atoms with Crippen LogP contribution < -0.4 is 10.6 Å².